The molecule has 0 unspecified atom stereocenters. The summed E-state index contributed by atoms with van der Waals surface area (Å²) in [7, 11) is 0. The lowest BCUT2D eigenvalue weighted by Gasteiger charge is -2.22. The van der Waals surface area contributed by atoms with Crippen LogP contribution in [0.4, 0.5) is 11.4 Å². The van der Waals surface area contributed by atoms with Crippen molar-refractivity contribution in [1.82, 2.24) is 0 Å². The zero-order valence-electron chi connectivity index (χ0n) is 8.43. The van der Waals surface area contributed by atoms with Crippen molar-refractivity contribution >= 4 is 70.9 Å². The molecule has 1 N–H and O–H groups in total. The molecule has 0 aliphatic carbocycles. The van der Waals surface area contributed by atoms with Crippen LogP contribution in [0.2, 0.25) is 0 Å². The van der Waals surface area contributed by atoms with E-state index in [9.17, 15) is 0 Å². The number of nitrogens with one attached hydrogen (secondary N) is 1. The molecule has 0 spiro atoms. The van der Waals surface area contributed by atoms with E-state index in [1.807, 2.05) is 6.07 Å². The fourth-order valence-corrected chi connectivity index (χ4v) is 4.91. The second kappa shape index (κ2) is 4.61. The summed E-state index contributed by atoms with van der Waals surface area (Å²) < 4.78 is 3.25. The number of benzene rings is 2. The van der Waals surface area contributed by atoms with Gasteiger partial charge in [-0.15, -0.1) is 0 Å². The van der Waals surface area contributed by atoms with Crippen LogP contribution in [0.1, 0.15) is 0 Å². The zero-order chi connectivity index (χ0) is 12.0. The molecule has 2 aromatic carbocycles. The Kier molecular flexibility index (Phi) is 3.28. The third-order valence-corrected chi connectivity index (χ3v) is 5.12. The smallest absolute Gasteiger partial charge is 0.0671 e. The average molecular weight is 436 g/mol. The first-order chi connectivity index (χ1) is 8.13. The van der Waals surface area contributed by atoms with Crippen LogP contribution in [0.15, 0.2) is 53.5 Å². The molecule has 0 amide bonds. The molecule has 86 valence electrons. The van der Waals surface area contributed by atoms with E-state index in [0.29, 0.717) is 0 Å². The molecule has 2 aromatic rings. The second-order valence-corrected chi connectivity index (χ2v) is 7.40. The Hall–Kier alpha value is 0.0300. The highest BCUT2D eigenvalue weighted by Crippen LogP contribution is 2.48. The maximum atomic E-state index is 3.58. The number of hydrogen-bond acceptors (Lipinski definition) is 2. The Morgan fingerprint density at radius 3 is 2.47 bits per heavy atom. The van der Waals surface area contributed by atoms with Gasteiger partial charge in [-0.05, 0) is 46.3 Å². The largest absolute Gasteiger partial charge is 0.353 e. The lowest BCUT2D eigenvalue weighted by Crippen LogP contribution is -2.00. The van der Waals surface area contributed by atoms with Gasteiger partial charge >= 0.3 is 0 Å². The molecule has 1 nitrogen and oxygen atoms in total. The van der Waals surface area contributed by atoms with Crippen molar-refractivity contribution < 1.29 is 0 Å². The second-order valence-electron chi connectivity index (χ2n) is 3.63. The van der Waals surface area contributed by atoms with Gasteiger partial charge in [-0.3, -0.25) is 0 Å². The Labute approximate surface area is 129 Å². The minimum atomic E-state index is 1.07. The molecule has 1 aliphatic heterocycles. The highest BCUT2D eigenvalue weighted by Gasteiger charge is 2.18. The SMILES string of the molecule is Brc1ccc2c(c1)Sc1cc(Br)cc(Br)c1N2. The van der Waals surface area contributed by atoms with Crippen molar-refractivity contribution in [2.24, 2.45) is 0 Å². The molecule has 0 saturated heterocycles. The van der Waals surface area contributed by atoms with Crippen molar-refractivity contribution in [3.63, 3.8) is 0 Å². The number of halogens is 3. The third-order valence-electron chi connectivity index (χ3n) is 2.44. The fraction of sp³-hybridized carbons (Fsp3) is 0. The minimum Gasteiger partial charge on any atom is -0.353 e. The average Bonchev–Trinajstić information content (AvgIpc) is 2.26. The normalized spacial score (nSPS) is 12.6. The summed E-state index contributed by atoms with van der Waals surface area (Å²) in [6.45, 7) is 0. The predicted molar refractivity (Wildman–Crippen MR) is 83.4 cm³/mol. The molecule has 0 saturated carbocycles. The summed E-state index contributed by atoms with van der Waals surface area (Å²) in [6.07, 6.45) is 0. The molecule has 0 bridgehead atoms. The molecule has 1 heterocycles. The van der Waals surface area contributed by atoms with E-state index in [0.717, 1.165) is 24.8 Å². The van der Waals surface area contributed by atoms with Crippen LogP contribution in [-0.4, -0.2) is 0 Å². The highest BCUT2D eigenvalue weighted by molar-refractivity contribution is 9.11. The lowest BCUT2D eigenvalue weighted by atomic mass is 10.2. The Morgan fingerprint density at radius 1 is 0.882 bits per heavy atom. The van der Waals surface area contributed by atoms with E-state index in [4.69, 9.17) is 0 Å². The summed E-state index contributed by atoms with van der Waals surface area (Å²) in [4.78, 5) is 2.45. The maximum absolute atomic E-state index is 3.58. The molecule has 0 aromatic heterocycles. The first-order valence-electron chi connectivity index (χ1n) is 4.87. The molecule has 0 radical (unpaired) electrons. The highest BCUT2D eigenvalue weighted by atomic mass is 79.9. The molecular weight excluding hydrogens is 430 g/mol. The predicted octanol–water partition coefficient (Wildman–Crippen LogP) is 6.18. The van der Waals surface area contributed by atoms with E-state index in [2.05, 4.69) is 77.4 Å². The van der Waals surface area contributed by atoms with Crippen LogP contribution >= 0.6 is 59.6 Å². The molecule has 0 fully saturated rings. The van der Waals surface area contributed by atoms with E-state index in [-0.39, 0.29) is 0 Å². The Balaban J connectivity index is 2.14. The van der Waals surface area contributed by atoms with Crippen LogP contribution < -0.4 is 5.32 Å². The van der Waals surface area contributed by atoms with Crippen molar-refractivity contribution in [2.45, 2.75) is 9.79 Å². The van der Waals surface area contributed by atoms with Gasteiger partial charge in [0.2, 0.25) is 0 Å². The maximum Gasteiger partial charge on any atom is 0.0671 e. The number of fused-ring (bicyclic) bond motifs is 2. The first kappa shape index (κ1) is 12.1. The van der Waals surface area contributed by atoms with Gasteiger partial charge in [0.25, 0.3) is 0 Å². The Morgan fingerprint density at radius 2 is 1.65 bits per heavy atom. The van der Waals surface area contributed by atoms with Gasteiger partial charge < -0.3 is 5.32 Å². The number of anilines is 2. The van der Waals surface area contributed by atoms with E-state index in [1.54, 1.807) is 11.8 Å². The van der Waals surface area contributed by atoms with Gasteiger partial charge in [0.1, 0.15) is 0 Å². The number of hydrogen-bond donors (Lipinski definition) is 1. The summed E-state index contributed by atoms with van der Waals surface area (Å²) in [6, 6.07) is 10.4. The zero-order valence-corrected chi connectivity index (χ0v) is 14.0. The van der Waals surface area contributed by atoms with Gasteiger partial charge in [0, 0.05) is 23.2 Å². The van der Waals surface area contributed by atoms with E-state index in [1.165, 1.54) is 9.79 Å². The molecular formula is C12H6Br3NS. The van der Waals surface area contributed by atoms with Crippen LogP contribution in [0.3, 0.4) is 0 Å². The van der Waals surface area contributed by atoms with E-state index >= 15 is 0 Å². The van der Waals surface area contributed by atoms with Gasteiger partial charge in [-0.25, -0.2) is 0 Å². The van der Waals surface area contributed by atoms with Crippen molar-refractivity contribution in [1.29, 1.82) is 0 Å². The summed E-state index contributed by atoms with van der Waals surface area (Å²) >= 11 is 12.4. The van der Waals surface area contributed by atoms with Crippen LogP contribution in [0, 0.1) is 0 Å². The molecule has 1 aliphatic rings. The van der Waals surface area contributed by atoms with Crippen LogP contribution in [0.25, 0.3) is 0 Å². The first-order valence-corrected chi connectivity index (χ1v) is 8.06. The minimum absolute atomic E-state index is 1.07. The molecule has 3 rings (SSSR count). The molecule has 5 heteroatoms. The van der Waals surface area contributed by atoms with Crippen molar-refractivity contribution in [3.8, 4) is 0 Å². The van der Waals surface area contributed by atoms with Crippen LogP contribution in [0.5, 0.6) is 0 Å². The van der Waals surface area contributed by atoms with Crippen molar-refractivity contribution in [3.05, 3.63) is 43.7 Å². The van der Waals surface area contributed by atoms with E-state index < -0.39 is 0 Å². The topological polar surface area (TPSA) is 12.0 Å². The van der Waals surface area contributed by atoms with Gasteiger partial charge in [0.05, 0.1) is 11.4 Å². The summed E-state index contributed by atoms with van der Waals surface area (Å²) in [5.41, 5.74) is 2.28. The summed E-state index contributed by atoms with van der Waals surface area (Å²) in [5.74, 6) is 0. The lowest BCUT2D eigenvalue weighted by molar-refractivity contribution is 1.29. The standard InChI is InChI=1S/C12H6Br3NS/c13-6-1-2-9-10(4-6)17-11-5-7(14)3-8(15)12(11)16-9/h1-5,16H. The van der Waals surface area contributed by atoms with Crippen molar-refractivity contribution in [2.75, 3.05) is 5.32 Å². The van der Waals surface area contributed by atoms with Gasteiger partial charge in [-0.2, -0.15) is 0 Å². The quantitative estimate of drug-likeness (QED) is 0.452. The molecule has 17 heavy (non-hydrogen) atoms. The number of rotatable bonds is 0. The molecule has 0 atom stereocenters. The van der Waals surface area contributed by atoms with Gasteiger partial charge in [-0.1, -0.05) is 43.6 Å². The van der Waals surface area contributed by atoms with Gasteiger partial charge in [0.15, 0.2) is 0 Å². The summed E-state index contributed by atoms with van der Waals surface area (Å²) in [5, 5.41) is 3.45. The van der Waals surface area contributed by atoms with Crippen LogP contribution in [-0.2, 0) is 0 Å². The fourth-order valence-electron chi connectivity index (χ4n) is 1.69. The Bertz CT molecular complexity index is 613. The third kappa shape index (κ3) is 2.30. The monoisotopic (exact) mass is 433 g/mol.